The molecule has 0 radical (unpaired) electrons. The van der Waals surface area contributed by atoms with Crippen LogP contribution in [0.15, 0.2) is 24.5 Å². The zero-order valence-electron chi connectivity index (χ0n) is 8.38. The molecule has 2 aromatic heterocycles. The molecule has 2 rings (SSSR count). The number of rotatable bonds is 2. The van der Waals surface area contributed by atoms with Gasteiger partial charge in [0, 0.05) is 29.9 Å². The molecule has 0 spiro atoms. The van der Waals surface area contributed by atoms with Gasteiger partial charge in [-0.1, -0.05) is 11.6 Å². The minimum atomic E-state index is 0.383. The van der Waals surface area contributed by atoms with E-state index in [-0.39, 0.29) is 0 Å². The van der Waals surface area contributed by atoms with E-state index >= 15 is 0 Å². The Hall–Kier alpha value is -1.64. The Bertz CT molecular complexity index is 528. The molecule has 0 saturated heterocycles. The number of nitrogens with zero attached hydrogens (tertiary/aromatic N) is 4. The Balaban J connectivity index is 2.30. The molecule has 0 bridgehead atoms. The van der Waals surface area contributed by atoms with Gasteiger partial charge in [0.05, 0.1) is 4.34 Å². The summed E-state index contributed by atoms with van der Waals surface area (Å²) in [5.41, 5.74) is 0.895. The molecule has 2 aromatic rings. The lowest BCUT2D eigenvalue weighted by Crippen LogP contribution is -2.11. The quantitative estimate of drug-likeness (QED) is 0.608. The number of thiophene rings is 1. The van der Waals surface area contributed by atoms with Crippen molar-refractivity contribution in [3.8, 4) is 16.6 Å². The predicted molar refractivity (Wildman–Crippen MR) is 64.4 cm³/mol. The summed E-state index contributed by atoms with van der Waals surface area (Å²) in [6.07, 6.45) is 5.29. The lowest BCUT2D eigenvalue weighted by Gasteiger charge is -2.05. The minimum Gasteiger partial charge on any atom is -0.250 e. The van der Waals surface area contributed by atoms with E-state index in [0.717, 1.165) is 14.8 Å². The number of nitriles is 1. The monoisotopic (exact) mass is 250 g/mol. The van der Waals surface area contributed by atoms with Crippen LogP contribution in [0.5, 0.6) is 0 Å². The Morgan fingerprint density at radius 1 is 1.38 bits per heavy atom. The van der Waals surface area contributed by atoms with Crippen LogP contribution >= 0.6 is 22.9 Å². The molecule has 0 saturated carbocycles. The molecule has 0 atom stereocenters. The van der Waals surface area contributed by atoms with Crippen LogP contribution in [0, 0.1) is 11.5 Å². The molecule has 16 heavy (non-hydrogen) atoms. The van der Waals surface area contributed by atoms with Crippen LogP contribution in [0.3, 0.4) is 0 Å². The van der Waals surface area contributed by atoms with Crippen molar-refractivity contribution in [3.05, 3.63) is 28.9 Å². The maximum atomic E-state index is 8.66. The van der Waals surface area contributed by atoms with Gasteiger partial charge in [-0.3, -0.25) is 4.90 Å². The lowest BCUT2D eigenvalue weighted by molar-refractivity contribution is 1.05. The van der Waals surface area contributed by atoms with Crippen molar-refractivity contribution < 1.29 is 0 Å². The van der Waals surface area contributed by atoms with Gasteiger partial charge in [-0.25, -0.2) is 9.97 Å². The van der Waals surface area contributed by atoms with Crippen molar-refractivity contribution in [1.29, 1.82) is 5.26 Å². The summed E-state index contributed by atoms with van der Waals surface area (Å²) in [6, 6.07) is 3.75. The number of hydrogen-bond acceptors (Lipinski definition) is 5. The van der Waals surface area contributed by atoms with Crippen LogP contribution in [0.2, 0.25) is 4.34 Å². The van der Waals surface area contributed by atoms with E-state index < -0.39 is 0 Å². The SMILES string of the molecule is CN(C#N)c1ncc(-c2ccc(Cl)s2)cn1. The first-order valence-electron chi connectivity index (χ1n) is 4.42. The number of aromatic nitrogens is 2. The molecule has 80 valence electrons. The molecule has 0 aliphatic rings. The molecule has 6 heteroatoms. The average Bonchev–Trinajstić information content (AvgIpc) is 2.75. The molecule has 4 nitrogen and oxygen atoms in total. The van der Waals surface area contributed by atoms with Gasteiger partial charge in [-0.05, 0) is 12.1 Å². The summed E-state index contributed by atoms with van der Waals surface area (Å²) >= 11 is 7.31. The van der Waals surface area contributed by atoms with Crippen molar-refractivity contribution in [3.63, 3.8) is 0 Å². The average molecular weight is 251 g/mol. The highest BCUT2D eigenvalue weighted by atomic mass is 35.5. The van der Waals surface area contributed by atoms with Gasteiger partial charge in [-0.15, -0.1) is 11.3 Å². The van der Waals surface area contributed by atoms with E-state index in [4.69, 9.17) is 16.9 Å². The number of halogens is 1. The second-order valence-electron chi connectivity index (χ2n) is 3.03. The van der Waals surface area contributed by atoms with Gasteiger partial charge >= 0.3 is 0 Å². The molecule has 0 N–H and O–H groups in total. The summed E-state index contributed by atoms with van der Waals surface area (Å²) in [5, 5.41) is 8.66. The van der Waals surface area contributed by atoms with E-state index in [0.29, 0.717) is 5.95 Å². The van der Waals surface area contributed by atoms with Crippen LogP contribution in [-0.4, -0.2) is 17.0 Å². The first-order chi connectivity index (χ1) is 7.70. The third-order valence-corrected chi connectivity index (χ3v) is 3.23. The molecule has 0 aromatic carbocycles. The fourth-order valence-corrected chi connectivity index (χ4v) is 2.15. The second-order valence-corrected chi connectivity index (χ2v) is 4.75. The molecular weight excluding hydrogens is 244 g/mol. The first kappa shape index (κ1) is 10.9. The van der Waals surface area contributed by atoms with E-state index in [1.807, 2.05) is 18.3 Å². The third kappa shape index (κ3) is 2.13. The summed E-state index contributed by atoms with van der Waals surface area (Å²) < 4.78 is 0.730. The molecule has 0 aliphatic carbocycles. The smallest absolute Gasteiger partial charge is 0.238 e. The zero-order chi connectivity index (χ0) is 11.5. The van der Waals surface area contributed by atoms with Gasteiger partial charge in [0.15, 0.2) is 6.19 Å². The summed E-state index contributed by atoms with van der Waals surface area (Å²) in [7, 11) is 1.61. The summed E-state index contributed by atoms with van der Waals surface area (Å²) in [4.78, 5) is 10.5. The molecule has 2 heterocycles. The summed E-state index contributed by atoms with van der Waals surface area (Å²) in [6.45, 7) is 0. The molecular formula is C10H7ClN4S. The highest BCUT2D eigenvalue weighted by Gasteiger charge is 2.05. The Morgan fingerprint density at radius 2 is 2.06 bits per heavy atom. The zero-order valence-corrected chi connectivity index (χ0v) is 9.96. The Labute approximate surface area is 102 Å². The predicted octanol–water partition coefficient (Wildman–Crippen LogP) is 2.78. The van der Waals surface area contributed by atoms with Crippen molar-refractivity contribution in [1.82, 2.24) is 9.97 Å². The van der Waals surface area contributed by atoms with Crippen molar-refractivity contribution >= 4 is 28.9 Å². The van der Waals surface area contributed by atoms with E-state index in [2.05, 4.69) is 9.97 Å². The van der Waals surface area contributed by atoms with Gasteiger partial charge in [0.2, 0.25) is 5.95 Å². The van der Waals surface area contributed by atoms with Gasteiger partial charge < -0.3 is 0 Å². The van der Waals surface area contributed by atoms with Crippen molar-refractivity contribution in [2.75, 3.05) is 11.9 Å². The lowest BCUT2D eigenvalue weighted by atomic mass is 10.3. The standard InChI is InChI=1S/C10H7ClN4S/c1-15(6-12)10-13-4-7(5-14-10)8-2-3-9(11)16-8/h2-5H,1H3. The van der Waals surface area contributed by atoms with Gasteiger partial charge in [0.25, 0.3) is 0 Å². The Kier molecular flexibility index (Phi) is 3.04. The normalized spacial score (nSPS) is 9.81. The van der Waals surface area contributed by atoms with E-state index in [9.17, 15) is 0 Å². The maximum Gasteiger partial charge on any atom is 0.238 e. The second kappa shape index (κ2) is 4.47. The van der Waals surface area contributed by atoms with Crippen LogP contribution in [0.25, 0.3) is 10.4 Å². The van der Waals surface area contributed by atoms with Gasteiger partial charge in [0.1, 0.15) is 0 Å². The molecule has 0 amide bonds. The topological polar surface area (TPSA) is 52.8 Å². The van der Waals surface area contributed by atoms with Crippen molar-refractivity contribution in [2.24, 2.45) is 0 Å². The molecule has 0 unspecified atom stereocenters. The van der Waals surface area contributed by atoms with Crippen LogP contribution < -0.4 is 4.90 Å². The van der Waals surface area contributed by atoms with Crippen LogP contribution in [0.1, 0.15) is 0 Å². The van der Waals surface area contributed by atoms with Crippen molar-refractivity contribution in [2.45, 2.75) is 0 Å². The first-order valence-corrected chi connectivity index (χ1v) is 5.61. The Morgan fingerprint density at radius 3 is 2.56 bits per heavy atom. The fraction of sp³-hybridized carbons (Fsp3) is 0.100. The minimum absolute atomic E-state index is 0.383. The molecule has 0 fully saturated rings. The number of anilines is 1. The molecule has 0 aliphatic heterocycles. The number of hydrogen-bond donors (Lipinski definition) is 0. The fourth-order valence-electron chi connectivity index (χ4n) is 1.14. The highest BCUT2D eigenvalue weighted by Crippen LogP contribution is 2.30. The van der Waals surface area contributed by atoms with Crippen LogP contribution in [-0.2, 0) is 0 Å². The third-order valence-electron chi connectivity index (χ3n) is 1.95. The maximum absolute atomic E-state index is 8.66. The van der Waals surface area contributed by atoms with E-state index in [1.54, 1.807) is 19.4 Å². The van der Waals surface area contributed by atoms with Gasteiger partial charge in [-0.2, -0.15) is 5.26 Å². The highest BCUT2D eigenvalue weighted by molar-refractivity contribution is 7.19. The largest absolute Gasteiger partial charge is 0.250 e. The van der Waals surface area contributed by atoms with Crippen LogP contribution in [0.4, 0.5) is 5.95 Å². The van der Waals surface area contributed by atoms with E-state index in [1.165, 1.54) is 16.2 Å². The summed E-state index contributed by atoms with van der Waals surface area (Å²) in [5.74, 6) is 0.383.